The van der Waals surface area contributed by atoms with Crippen LogP contribution < -0.4 is 10.2 Å². The van der Waals surface area contributed by atoms with E-state index < -0.39 is 0 Å². The van der Waals surface area contributed by atoms with E-state index in [0.717, 1.165) is 29.7 Å². The molecular formula is C16H25BrN2O. The minimum atomic E-state index is 0.135. The van der Waals surface area contributed by atoms with Gasteiger partial charge in [0.25, 0.3) is 0 Å². The highest BCUT2D eigenvalue weighted by Gasteiger charge is 2.15. The number of hydrogen-bond acceptors (Lipinski definition) is 3. The first-order chi connectivity index (χ1) is 9.63. The summed E-state index contributed by atoms with van der Waals surface area (Å²) >= 11 is 3.53. The third-order valence-electron chi connectivity index (χ3n) is 3.22. The quantitative estimate of drug-likeness (QED) is 0.675. The summed E-state index contributed by atoms with van der Waals surface area (Å²) in [5, 5.41) is 12.8. The predicted molar refractivity (Wildman–Crippen MR) is 90.3 cm³/mol. The topological polar surface area (TPSA) is 35.5 Å². The summed E-state index contributed by atoms with van der Waals surface area (Å²) in [6.07, 6.45) is 2.98. The SMILES string of the molecule is C=CCN(CCO)c1cc(Br)ccc1C(C)NCCC. The fourth-order valence-corrected chi connectivity index (χ4v) is 2.56. The van der Waals surface area contributed by atoms with Crippen LogP contribution >= 0.6 is 15.9 Å². The Morgan fingerprint density at radius 2 is 2.25 bits per heavy atom. The second-order valence-electron chi connectivity index (χ2n) is 4.84. The molecule has 0 saturated carbocycles. The number of anilines is 1. The van der Waals surface area contributed by atoms with E-state index in [1.807, 2.05) is 6.08 Å². The monoisotopic (exact) mass is 340 g/mol. The summed E-state index contributed by atoms with van der Waals surface area (Å²) in [5.74, 6) is 0. The van der Waals surface area contributed by atoms with Gasteiger partial charge in [-0.1, -0.05) is 35.0 Å². The molecule has 0 heterocycles. The summed E-state index contributed by atoms with van der Waals surface area (Å²) in [6, 6.07) is 6.59. The molecule has 20 heavy (non-hydrogen) atoms. The minimum Gasteiger partial charge on any atom is -0.395 e. The molecule has 0 aromatic heterocycles. The van der Waals surface area contributed by atoms with Crippen molar-refractivity contribution < 1.29 is 5.11 Å². The van der Waals surface area contributed by atoms with Crippen molar-refractivity contribution in [3.63, 3.8) is 0 Å². The number of hydrogen-bond donors (Lipinski definition) is 2. The van der Waals surface area contributed by atoms with E-state index in [0.29, 0.717) is 6.54 Å². The summed E-state index contributed by atoms with van der Waals surface area (Å²) in [5.41, 5.74) is 2.39. The van der Waals surface area contributed by atoms with Crippen LogP contribution in [0.15, 0.2) is 35.3 Å². The van der Waals surface area contributed by atoms with Crippen molar-refractivity contribution in [3.05, 3.63) is 40.9 Å². The van der Waals surface area contributed by atoms with Crippen molar-refractivity contribution in [1.29, 1.82) is 0 Å². The van der Waals surface area contributed by atoms with E-state index in [1.54, 1.807) is 0 Å². The van der Waals surface area contributed by atoms with Gasteiger partial charge in [0.2, 0.25) is 0 Å². The average Bonchev–Trinajstić information content (AvgIpc) is 2.44. The van der Waals surface area contributed by atoms with Crippen molar-refractivity contribution >= 4 is 21.6 Å². The number of aliphatic hydroxyl groups excluding tert-OH is 1. The highest BCUT2D eigenvalue weighted by Crippen LogP contribution is 2.29. The number of rotatable bonds is 9. The molecule has 1 aromatic rings. The lowest BCUT2D eigenvalue weighted by Gasteiger charge is -2.28. The molecule has 2 N–H and O–H groups in total. The zero-order valence-corrected chi connectivity index (χ0v) is 14.0. The van der Waals surface area contributed by atoms with Gasteiger partial charge in [0.15, 0.2) is 0 Å². The number of benzene rings is 1. The van der Waals surface area contributed by atoms with E-state index in [-0.39, 0.29) is 12.6 Å². The largest absolute Gasteiger partial charge is 0.395 e. The summed E-state index contributed by atoms with van der Waals surface area (Å²) in [6.45, 7) is 10.6. The van der Waals surface area contributed by atoms with Gasteiger partial charge in [-0.15, -0.1) is 6.58 Å². The Morgan fingerprint density at radius 3 is 2.85 bits per heavy atom. The van der Waals surface area contributed by atoms with Gasteiger partial charge in [0.1, 0.15) is 0 Å². The van der Waals surface area contributed by atoms with E-state index in [4.69, 9.17) is 0 Å². The third-order valence-corrected chi connectivity index (χ3v) is 3.71. The minimum absolute atomic E-state index is 0.135. The van der Waals surface area contributed by atoms with Crippen molar-refractivity contribution in [2.45, 2.75) is 26.3 Å². The molecule has 0 bridgehead atoms. The van der Waals surface area contributed by atoms with E-state index in [9.17, 15) is 5.11 Å². The molecule has 0 aliphatic carbocycles. The van der Waals surface area contributed by atoms with Gasteiger partial charge in [-0.2, -0.15) is 0 Å². The molecule has 1 rings (SSSR count). The van der Waals surface area contributed by atoms with Crippen LogP contribution in [0.5, 0.6) is 0 Å². The standard InChI is InChI=1S/C16H25BrN2O/c1-4-8-18-13(3)15-7-6-14(17)12-16(15)19(9-5-2)10-11-20/h5-7,12-13,18,20H,2,4,8-11H2,1,3H3. The van der Waals surface area contributed by atoms with Gasteiger partial charge in [-0.3, -0.25) is 0 Å². The van der Waals surface area contributed by atoms with Gasteiger partial charge < -0.3 is 15.3 Å². The summed E-state index contributed by atoms with van der Waals surface area (Å²) < 4.78 is 1.05. The first-order valence-electron chi connectivity index (χ1n) is 7.13. The Balaban J connectivity index is 3.06. The smallest absolute Gasteiger partial charge is 0.0606 e. The average molecular weight is 341 g/mol. The Bertz CT molecular complexity index is 423. The molecule has 1 aromatic carbocycles. The zero-order chi connectivity index (χ0) is 15.0. The van der Waals surface area contributed by atoms with E-state index in [2.05, 4.69) is 64.8 Å². The highest BCUT2D eigenvalue weighted by molar-refractivity contribution is 9.10. The number of halogens is 1. The van der Waals surface area contributed by atoms with E-state index >= 15 is 0 Å². The first-order valence-corrected chi connectivity index (χ1v) is 7.92. The lowest BCUT2D eigenvalue weighted by Crippen LogP contribution is -2.29. The lowest BCUT2D eigenvalue weighted by molar-refractivity contribution is 0.303. The summed E-state index contributed by atoms with van der Waals surface area (Å²) in [4.78, 5) is 2.15. The number of aliphatic hydroxyl groups is 1. The van der Waals surface area contributed by atoms with Crippen LogP contribution in [0.25, 0.3) is 0 Å². The van der Waals surface area contributed by atoms with Gasteiger partial charge in [0, 0.05) is 29.3 Å². The van der Waals surface area contributed by atoms with E-state index in [1.165, 1.54) is 5.56 Å². The Kier molecular flexibility index (Phi) is 7.88. The molecule has 0 amide bonds. The molecule has 112 valence electrons. The van der Waals surface area contributed by atoms with Crippen molar-refractivity contribution in [2.24, 2.45) is 0 Å². The highest BCUT2D eigenvalue weighted by atomic mass is 79.9. The van der Waals surface area contributed by atoms with Gasteiger partial charge in [-0.25, -0.2) is 0 Å². The molecule has 1 unspecified atom stereocenters. The first kappa shape index (κ1) is 17.2. The molecule has 0 spiro atoms. The van der Waals surface area contributed by atoms with Crippen molar-refractivity contribution in [3.8, 4) is 0 Å². The molecule has 1 atom stereocenters. The van der Waals surface area contributed by atoms with Crippen molar-refractivity contribution in [2.75, 3.05) is 31.1 Å². The maximum absolute atomic E-state index is 9.26. The van der Waals surface area contributed by atoms with Gasteiger partial charge in [0.05, 0.1) is 6.61 Å². The molecular weight excluding hydrogens is 316 g/mol. The van der Waals surface area contributed by atoms with Crippen LogP contribution in [0.1, 0.15) is 31.9 Å². The Morgan fingerprint density at radius 1 is 1.50 bits per heavy atom. The number of nitrogens with zero attached hydrogens (tertiary/aromatic N) is 1. The third kappa shape index (κ3) is 4.93. The van der Waals surface area contributed by atoms with Crippen LogP contribution in [0.2, 0.25) is 0 Å². The second-order valence-corrected chi connectivity index (χ2v) is 5.75. The Labute approximate surface area is 130 Å². The van der Waals surface area contributed by atoms with Crippen LogP contribution in [-0.2, 0) is 0 Å². The molecule has 0 aliphatic heterocycles. The van der Waals surface area contributed by atoms with Crippen LogP contribution in [-0.4, -0.2) is 31.3 Å². The molecule has 4 heteroatoms. The normalized spacial score (nSPS) is 12.2. The second kappa shape index (κ2) is 9.16. The fourth-order valence-electron chi connectivity index (χ4n) is 2.21. The molecule has 0 radical (unpaired) electrons. The molecule has 0 fully saturated rings. The lowest BCUT2D eigenvalue weighted by atomic mass is 10.0. The zero-order valence-electron chi connectivity index (χ0n) is 12.4. The van der Waals surface area contributed by atoms with Gasteiger partial charge in [-0.05, 0) is 37.6 Å². The molecule has 0 saturated heterocycles. The van der Waals surface area contributed by atoms with Crippen LogP contribution in [0.4, 0.5) is 5.69 Å². The number of nitrogens with one attached hydrogen (secondary N) is 1. The fraction of sp³-hybridized carbons (Fsp3) is 0.500. The van der Waals surface area contributed by atoms with Crippen LogP contribution in [0.3, 0.4) is 0 Å². The molecule has 3 nitrogen and oxygen atoms in total. The molecule has 0 aliphatic rings. The van der Waals surface area contributed by atoms with Crippen LogP contribution in [0, 0.1) is 0 Å². The van der Waals surface area contributed by atoms with Gasteiger partial charge >= 0.3 is 0 Å². The maximum Gasteiger partial charge on any atom is 0.0606 e. The maximum atomic E-state index is 9.26. The van der Waals surface area contributed by atoms with Crippen molar-refractivity contribution in [1.82, 2.24) is 5.32 Å². The predicted octanol–water partition coefficient (Wildman–Crippen LogP) is 3.49. The summed E-state index contributed by atoms with van der Waals surface area (Å²) in [7, 11) is 0. The Hall–Kier alpha value is -0.840.